The molecule has 0 unspecified atom stereocenters. The average Bonchev–Trinajstić information content (AvgIpc) is 2.41. The molecule has 0 spiro atoms. The quantitative estimate of drug-likeness (QED) is 0.844. The van der Waals surface area contributed by atoms with Crippen molar-refractivity contribution in [1.29, 1.82) is 0 Å². The molecule has 0 heterocycles. The number of benzene rings is 1. The molecular weight excluding hydrogens is 246 g/mol. The third kappa shape index (κ3) is 2.35. The largest absolute Gasteiger partial charge is 0.399 e. The molecule has 0 amide bonds. The van der Waals surface area contributed by atoms with Crippen molar-refractivity contribution in [2.75, 3.05) is 12.3 Å². The van der Waals surface area contributed by atoms with Gasteiger partial charge in [0.15, 0.2) is 0 Å². The van der Waals surface area contributed by atoms with Gasteiger partial charge in [-0.2, -0.15) is 0 Å². The van der Waals surface area contributed by atoms with E-state index in [-0.39, 0.29) is 0 Å². The first-order chi connectivity index (χ1) is 9.78. The lowest BCUT2D eigenvalue weighted by molar-refractivity contribution is -0.0742. The molecule has 4 aliphatic rings. The molecule has 4 bridgehead atoms. The van der Waals surface area contributed by atoms with Crippen LogP contribution in [0.15, 0.2) is 24.3 Å². The molecule has 2 N–H and O–H groups in total. The van der Waals surface area contributed by atoms with Crippen LogP contribution in [0.2, 0.25) is 0 Å². The van der Waals surface area contributed by atoms with E-state index >= 15 is 0 Å². The zero-order valence-corrected chi connectivity index (χ0v) is 12.1. The summed E-state index contributed by atoms with van der Waals surface area (Å²) in [4.78, 5) is 0. The van der Waals surface area contributed by atoms with Gasteiger partial charge in [0.25, 0.3) is 0 Å². The second kappa shape index (κ2) is 5.07. The molecule has 0 radical (unpaired) electrons. The Labute approximate surface area is 121 Å². The molecular formula is C18H25NO. The van der Waals surface area contributed by atoms with E-state index in [1.807, 2.05) is 18.2 Å². The third-order valence-corrected chi connectivity index (χ3v) is 5.95. The summed E-state index contributed by atoms with van der Waals surface area (Å²) in [5, 5.41) is 0. The Morgan fingerprint density at radius 3 is 2.35 bits per heavy atom. The average molecular weight is 271 g/mol. The zero-order valence-electron chi connectivity index (χ0n) is 12.1. The summed E-state index contributed by atoms with van der Waals surface area (Å²) in [6.07, 6.45) is 7.47. The van der Waals surface area contributed by atoms with Crippen LogP contribution < -0.4 is 5.73 Å². The Morgan fingerprint density at radius 1 is 1.00 bits per heavy atom. The Balaban J connectivity index is 1.34. The van der Waals surface area contributed by atoms with Crippen LogP contribution in [0.5, 0.6) is 0 Å². The summed E-state index contributed by atoms with van der Waals surface area (Å²) < 4.78 is 6.05. The van der Waals surface area contributed by atoms with Gasteiger partial charge in [0, 0.05) is 5.69 Å². The monoisotopic (exact) mass is 271 g/mol. The second-order valence-electron chi connectivity index (χ2n) is 7.35. The van der Waals surface area contributed by atoms with Crippen molar-refractivity contribution in [3.05, 3.63) is 29.8 Å². The minimum absolute atomic E-state index is 0.716. The van der Waals surface area contributed by atoms with Crippen LogP contribution in [0.4, 0.5) is 5.69 Å². The van der Waals surface area contributed by atoms with Crippen molar-refractivity contribution >= 4 is 5.69 Å². The Morgan fingerprint density at radius 2 is 1.70 bits per heavy atom. The van der Waals surface area contributed by atoms with Gasteiger partial charge in [-0.25, -0.2) is 0 Å². The summed E-state index contributed by atoms with van der Waals surface area (Å²) in [7, 11) is 0. The van der Waals surface area contributed by atoms with Crippen LogP contribution in [0.1, 0.15) is 37.7 Å². The van der Waals surface area contributed by atoms with E-state index < -0.39 is 0 Å². The lowest BCUT2D eigenvalue weighted by Crippen LogP contribution is -2.46. The summed E-state index contributed by atoms with van der Waals surface area (Å²) in [5.41, 5.74) is 7.85. The minimum atomic E-state index is 0.716. The molecule has 4 saturated carbocycles. The number of nitrogen functional groups attached to an aromatic ring is 1. The lowest BCUT2D eigenvalue weighted by atomic mass is 9.52. The molecule has 4 fully saturated rings. The maximum Gasteiger partial charge on any atom is 0.0717 e. The molecule has 2 heteroatoms. The smallest absolute Gasteiger partial charge is 0.0717 e. The number of hydrogen-bond acceptors (Lipinski definition) is 2. The highest BCUT2D eigenvalue weighted by atomic mass is 16.5. The molecule has 108 valence electrons. The number of hydrogen-bond donors (Lipinski definition) is 1. The van der Waals surface area contributed by atoms with E-state index in [0.717, 1.165) is 41.9 Å². The first-order valence-electron chi connectivity index (χ1n) is 8.20. The third-order valence-electron chi connectivity index (χ3n) is 5.95. The maximum atomic E-state index is 6.05. The van der Waals surface area contributed by atoms with Gasteiger partial charge >= 0.3 is 0 Å². The molecule has 4 aliphatic carbocycles. The summed E-state index contributed by atoms with van der Waals surface area (Å²) >= 11 is 0. The normalized spacial score (nSPS) is 38.3. The van der Waals surface area contributed by atoms with Crippen LogP contribution in [0.3, 0.4) is 0 Å². The number of nitrogens with two attached hydrogens (primary N) is 1. The Kier molecular flexibility index (Phi) is 3.22. The fourth-order valence-corrected chi connectivity index (χ4v) is 5.31. The molecule has 1 aromatic rings. The van der Waals surface area contributed by atoms with Gasteiger partial charge in [-0.05, 0) is 79.4 Å². The zero-order chi connectivity index (χ0) is 13.5. The van der Waals surface area contributed by atoms with Crippen molar-refractivity contribution in [1.82, 2.24) is 0 Å². The molecule has 0 saturated heterocycles. The topological polar surface area (TPSA) is 35.2 Å². The predicted molar refractivity (Wildman–Crippen MR) is 81.0 cm³/mol. The molecule has 1 aromatic carbocycles. The van der Waals surface area contributed by atoms with Crippen molar-refractivity contribution < 1.29 is 4.74 Å². The van der Waals surface area contributed by atoms with E-state index in [2.05, 4.69) is 6.07 Å². The number of anilines is 1. The van der Waals surface area contributed by atoms with Gasteiger partial charge in [-0.3, -0.25) is 0 Å². The Bertz CT molecular complexity index is 456. The Hall–Kier alpha value is -1.02. The summed E-state index contributed by atoms with van der Waals surface area (Å²) in [5.74, 6) is 4.88. The van der Waals surface area contributed by atoms with Crippen molar-refractivity contribution in [2.45, 2.75) is 38.7 Å². The van der Waals surface area contributed by atoms with Crippen molar-refractivity contribution in [3.8, 4) is 0 Å². The van der Waals surface area contributed by atoms with Gasteiger partial charge in [-0.15, -0.1) is 0 Å². The SMILES string of the molecule is Nc1cccc(COCC2C3CC4CC(C3)CC2C4)c1. The van der Waals surface area contributed by atoms with Crippen LogP contribution in [0.25, 0.3) is 0 Å². The number of rotatable bonds is 4. The summed E-state index contributed by atoms with van der Waals surface area (Å²) in [6, 6.07) is 8.07. The van der Waals surface area contributed by atoms with Crippen LogP contribution in [0, 0.1) is 29.6 Å². The van der Waals surface area contributed by atoms with E-state index in [4.69, 9.17) is 10.5 Å². The highest BCUT2D eigenvalue weighted by Crippen LogP contribution is 2.56. The van der Waals surface area contributed by atoms with Gasteiger partial charge in [-0.1, -0.05) is 12.1 Å². The predicted octanol–water partition coefficient (Wildman–Crippen LogP) is 3.86. The molecule has 0 aliphatic heterocycles. The van der Waals surface area contributed by atoms with Crippen molar-refractivity contribution in [2.24, 2.45) is 29.6 Å². The fourth-order valence-electron chi connectivity index (χ4n) is 5.31. The molecule has 0 atom stereocenters. The lowest BCUT2D eigenvalue weighted by Gasteiger charge is -2.54. The highest BCUT2D eigenvalue weighted by molar-refractivity contribution is 5.40. The van der Waals surface area contributed by atoms with Crippen molar-refractivity contribution in [3.63, 3.8) is 0 Å². The van der Waals surface area contributed by atoms with Crippen LogP contribution in [-0.4, -0.2) is 6.61 Å². The van der Waals surface area contributed by atoms with Gasteiger partial charge in [0.1, 0.15) is 0 Å². The van der Waals surface area contributed by atoms with E-state index in [1.165, 1.54) is 37.7 Å². The minimum Gasteiger partial charge on any atom is -0.399 e. The standard InChI is InChI=1S/C18H25NO/c19-17-3-1-2-12(9-17)10-20-11-18-15-5-13-4-14(7-15)8-16(18)6-13/h1-3,9,13-16,18H,4-8,10-11,19H2. The fraction of sp³-hybridized carbons (Fsp3) is 0.667. The van der Waals surface area contributed by atoms with E-state index in [9.17, 15) is 0 Å². The van der Waals surface area contributed by atoms with Gasteiger partial charge < -0.3 is 10.5 Å². The second-order valence-corrected chi connectivity index (χ2v) is 7.35. The van der Waals surface area contributed by atoms with Crippen LogP contribution in [-0.2, 0) is 11.3 Å². The first kappa shape index (κ1) is 12.7. The van der Waals surface area contributed by atoms with Gasteiger partial charge in [0.05, 0.1) is 13.2 Å². The van der Waals surface area contributed by atoms with E-state index in [1.54, 1.807) is 0 Å². The molecule has 20 heavy (non-hydrogen) atoms. The first-order valence-corrected chi connectivity index (χ1v) is 8.20. The maximum absolute atomic E-state index is 6.05. The summed E-state index contributed by atoms with van der Waals surface area (Å²) in [6.45, 7) is 1.68. The van der Waals surface area contributed by atoms with Gasteiger partial charge in [0.2, 0.25) is 0 Å². The molecule has 2 nitrogen and oxygen atoms in total. The number of ether oxygens (including phenoxy) is 1. The molecule has 5 rings (SSSR count). The van der Waals surface area contributed by atoms with E-state index in [0.29, 0.717) is 6.61 Å². The van der Waals surface area contributed by atoms with Crippen LogP contribution >= 0.6 is 0 Å². The molecule has 0 aromatic heterocycles. The highest BCUT2D eigenvalue weighted by Gasteiger charge is 2.47.